The molecule has 6 heteroatoms. The zero-order valence-electron chi connectivity index (χ0n) is 14.0. The normalized spacial score (nSPS) is 11.2. The first-order valence-electron chi connectivity index (χ1n) is 7.86. The maximum Gasteiger partial charge on any atom is 0.269 e. The number of rotatable bonds is 4. The SMILES string of the molecule is Cc1ccc(NC(=O)c2sc3nc(CC(C)C)ccc3c2N)nc1. The van der Waals surface area contributed by atoms with Gasteiger partial charge in [-0.25, -0.2) is 9.97 Å². The van der Waals surface area contributed by atoms with Crippen LogP contribution in [0.2, 0.25) is 0 Å². The summed E-state index contributed by atoms with van der Waals surface area (Å²) in [5.74, 6) is 0.788. The fourth-order valence-electron chi connectivity index (χ4n) is 2.45. The standard InChI is InChI=1S/C18H20N4OS/c1-10(2)8-12-5-6-13-15(19)16(24-18(13)21-12)17(23)22-14-7-4-11(3)9-20-14/h4-7,9-10H,8,19H2,1-3H3,(H,20,22,23). The number of hydrogen-bond acceptors (Lipinski definition) is 5. The van der Waals surface area contributed by atoms with Gasteiger partial charge in [0, 0.05) is 17.3 Å². The number of fused-ring (bicyclic) bond motifs is 1. The molecule has 1 amide bonds. The van der Waals surface area contributed by atoms with Gasteiger partial charge in [0.05, 0.1) is 5.69 Å². The molecule has 3 heterocycles. The van der Waals surface area contributed by atoms with Crippen LogP contribution in [0, 0.1) is 12.8 Å². The van der Waals surface area contributed by atoms with Crippen molar-refractivity contribution in [2.24, 2.45) is 5.92 Å². The summed E-state index contributed by atoms with van der Waals surface area (Å²) in [4.78, 5) is 22.6. The summed E-state index contributed by atoms with van der Waals surface area (Å²) in [5, 5.41) is 3.61. The van der Waals surface area contributed by atoms with Gasteiger partial charge in [0.25, 0.3) is 5.91 Å². The van der Waals surface area contributed by atoms with Crippen molar-refractivity contribution in [3.8, 4) is 0 Å². The number of carbonyl (C=O) groups excluding carboxylic acids is 1. The van der Waals surface area contributed by atoms with Crippen molar-refractivity contribution in [2.45, 2.75) is 27.2 Å². The number of nitrogen functional groups attached to an aromatic ring is 1. The van der Waals surface area contributed by atoms with Gasteiger partial charge < -0.3 is 11.1 Å². The second-order valence-electron chi connectivity index (χ2n) is 6.27. The number of hydrogen-bond donors (Lipinski definition) is 2. The molecule has 0 radical (unpaired) electrons. The van der Waals surface area contributed by atoms with Crippen LogP contribution in [0.3, 0.4) is 0 Å². The number of amides is 1. The summed E-state index contributed by atoms with van der Waals surface area (Å²) in [5.41, 5.74) is 8.69. The van der Waals surface area contributed by atoms with Gasteiger partial charge in [-0.2, -0.15) is 0 Å². The summed E-state index contributed by atoms with van der Waals surface area (Å²) in [7, 11) is 0. The fraction of sp³-hybridized carbons (Fsp3) is 0.278. The number of aromatic nitrogens is 2. The second kappa shape index (κ2) is 6.57. The van der Waals surface area contributed by atoms with Crippen molar-refractivity contribution >= 4 is 39.0 Å². The van der Waals surface area contributed by atoms with Crippen molar-refractivity contribution < 1.29 is 4.79 Å². The minimum Gasteiger partial charge on any atom is -0.397 e. The van der Waals surface area contributed by atoms with Crippen LogP contribution < -0.4 is 11.1 Å². The highest BCUT2D eigenvalue weighted by Crippen LogP contribution is 2.33. The van der Waals surface area contributed by atoms with E-state index in [9.17, 15) is 4.79 Å². The molecule has 3 aromatic rings. The zero-order chi connectivity index (χ0) is 17.3. The minimum atomic E-state index is -0.253. The third kappa shape index (κ3) is 3.38. The molecule has 0 saturated carbocycles. The van der Waals surface area contributed by atoms with E-state index < -0.39 is 0 Å². The van der Waals surface area contributed by atoms with Crippen LogP contribution in [0.15, 0.2) is 30.5 Å². The molecule has 0 atom stereocenters. The lowest BCUT2D eigenvalue weighted by molar-refractivity contribution is 0.103. The first kappa shape index (κ1) is 16.4. The third-order valence-electron chi connectivity index (χ3n) is 3.63. The van der Waals surface area contributed by atoms with Crippen LogP contribution in [-0.4, -0.2) is 15.9 Å². The lowest BCUT2D eigenvalue weighted by atomic mass is 10.1. The number of thiophene rings is 1. The smallest absolute Gasteiger partial charge is 0.269 e. The van der Waals surface area contributed by atoms with Gasteiger partial charge >= 0.3 is 0 Å². The molecule has 0 spiro atoms. The van der Waals surface area contributed by atoms with Gasteiger partial charge in [-0.15, -0.1) is 11.3 Å². The van der Waals surface area contributed by atoms with Crippen LogP contribution in [0.1, 0.15) is 34.8 Å². The molecular weight excluding hydrogens is 320 g/mol. The van der Waals surface area contributed by atoms with Gasteiger partial charge in [-0.3, -0.25) is 4.79 Å². The monoisotopic (exact) mass is 340 g/mol. The Balaban J connectivity index is 1.89. The van der Waals surface area contributed by atoms with Crippen LogP contribution >= 0.6 is 11.3 Å². The van der Waals surface area contributed by atoms with Crippen LogP contribution in [0.5, 0.6) is 0 Å². The highest BCUT2D eigenvalue weighted by atomic mass is 32.1. The molecule has 0 aliphatic rings. The molecule has 3 N–H and O–H groups in total. The number of nitrogens with one attached hydrogen (secondary N) is 1. The quantitative estimate of drug-likeness (QED) is 0.751. The number of carbonyl (C=O) groups is 1. The van der Waals surface area contributed by atoms with E-state index in [-0.39, 0.29) is 5.91 Å². The highest BCUT2D eigenvalue weighted by molar-refractivity contribution is 7.21. The number of nitrogens with zero attached hydrogens (tertiary/aromatic N) is 2. The van der Waals surface area contributed by atoms with E-state index in [1.165, 1.54) is 11.3 Å². The number of nitrogens with two attached hydrogens (primary N) is 1. The maximum absolute atomic E-state index is 12.5. The maximum atomic E-state index is 12.5. The van der Waals surface area contributed by atoms with E-state index in [2.05, 4.69) is 29.1 Å². The van der Waals surface area contributed by atoms with E-state index in [0.717, 1.165) is 27.9 Å². The topological polar surface area (TPSA) is 80.9 Å². The van der Waals surface area contributed by atoms with Crippen molar-refractivity contribution in [1.29, 1.82) is 0 Å². The first-order valence-corrected chi connectivity index (χ1v) is 8.67. The first-order chi connectivity index (χ1) is 11.4. The van der Waals surface area contributed by atoms with Crippen LogP contribution in [-0.2, 0) is 6.42 Å². The number of aryl methyl sites for hydroxylation is 1. The second-order valence-corrected chi connectivity index (χ2v) is 7.27. The molecule has 0 aliphatic heterocycles. The van der Waals surface area contributed by atoms with Crippen molar-refractivity contribution in [3.63, 3.8) is 0 Å². The molecule has 0 aliphatic carbocycles. The lowest BCUT2D eigenvalue weighted by Gasteiger charge is -2.03. The molecule has 0 bridgehead atoms. The number of anilines is 2. The Bertz CT molecular complexity index is 884. The highest BCUT2D eigenvalue weighted by Gasteiger charge is 2.18. The molecular formula is C18H20N4OS. The Morgan fingerprint density at radius 2 is 2.08 bits per heavy atom. The van der Waals surface area contributed by atoms with Gasteiger partial charge in [0.2, 0.25) is 0 Å². The van der Waals surface area contributed by atoms with Gasteiger partial charge in [0.15, 0.2) is 0 Å². The molecule has 0 fully saturated rings. The average molecular weight is 340 g/mol. The minimum absolute atomic E-state index is 0.253. The van der Waals surface area contributed by atoms with E-state index in [1.807, 2.05) is 25.1 Å². The predicted molar refractivity (Wildman–Crippen MR) is 99.5 cm³/mol. The predicted octanol–water partition coefficient (Wildman–Crippen LogP) is 4.03. The third-order valence-corrected chi connectivity index (χ3v) is 4.74. The Morgan fingerprint density at radius 1 is 1.29 bits per heavy atom. The summed E-state index contributed by atoms with van der Waals surface area (Å²) in [6, 6.07) is 7.60. The summed E-state index contributed by atoms with van der Waals surface area (Å²) < 4.78 is 0. The van der Waals surface area contributed by atoms with Gasteiger partial charge in [-0.05, 0) is 43.0 Å². The molecule has 124 valence electrons. The molecule has 0 saturated heterocycles. The van der Waals surface area contributed by atoms with E-state index in [1.54, 1.807) is 12.3 Å². The van der Waals surface area contributed by atoms with Gasteiger partial charge in [-0.1, -0.05) is 19.9 Å². The average Bonchev–Trinajstić information content (AvgIpc) is 2.85. The lowest BCUT2D eigenvalue weighted by Crippen LogP contribution is -2.12. The van der Waals surface area contributed by atoms with Crippen molar-refractivity contribution in [2.75, 3.05) is 11.1 Å². The van der Waals surface area contributed by atoms with Gasteiger partial charge in [0.1, 0.15) is 15.5 Å². The Hall–Kier alpha value is -2.47. The van der Waals surface area contributed by atoms with E-state index in [0.29, 0.717) is 22.3 Å². The number of pyridine rings is 2. The Labute approximate surface area is 144 Å². The van der Waals surface area contributed by atoms with E-state index in [4.69, 9.17) is 5.73 Å². The van der Waals surface area contributed by atoms with Crippen LogP contribution in [0.4, 0.5) is 11.5 Å². The zero-order valence-corrected chi connectivity index (χ0v) is 14.8. The Morgan fingerprint density at radius 3 is 2.75 bits per heavy atom. The Kier molecular flexibility index (Phi) is 4.49. The molecule has 0 unspecified atom stereocenters. The molecule has 24 heavy (non-hydrogen) atoms. The van der Waals surface area contributed by atoms with Crippen molar-refractivity contribution in [1.82, 2.24) is 9.97 Å². The van der Waals surface area contributed by atoms with Crippen LogP contribution in [0.25, 0.3) is 10.2 Å². The van der Waals surface area contributed by atoms with E-state index >= 15 is 0 Å². The summed E-state index contributed by atoms with van der Waals surface area (Å²) in [6.45, 7) is 6.26. The molecule has 3 aromatic heterocycles. The largest absolute Gasteiger partial charge is 0.397 e. The molecule has 0 aromatic carbocycles. The summed E-state index contributed by atoms with van der Waals surface area (Å²) in [6.07, 6.45) is 2.62. The van der Waals surface area contributed by atoms with Crippen molar-refractivity contribution in [3.05, 3.63) is 46.6 Å². The summed E-state index contributed by atoms with van der Waals surface area (Å²) >= 11 is 1.32. The molecule has 3 rings (SSSR count). The fourth-order valence-corrected chi connectivity index (χ4v) is 3.46. The molecule has 5 nitrogen and oxygen atoms in total.